The molecule has 3 rings (SSSR count). The fourth-order valence-corrected chi connectivity index (χ4v) is 3.63. The van der Waals surface area contributed by atoms with E-state index in [1.54, 1.807) is 0 Å². The number of hydrogen-bond acceptors (Lipinski definition) is 1. The Morgan fingerprint density at radius 1 is 1.06 bits per heavy atom. The van der Waals surface area contributed by atoms with Crippen LogP contribution in [0.3, 0.4) is 0 Å². The third-order valence-corrected chi connectivity index (χ3v) is 4.91. The molecule has 0 spiro atoms. The molecule has 2 fully saturated rings. The number of nitrogens with one attached hydrogen (secondary N) is 1. The Morgan fingerprint density at radius 3 is 2.50 bits per heavy atom. The van der Waals surface area contributed by atoms with Crippen molar-refractivity contribution in [3.63, 3.8) is 0 Å². The van der Waals surface area contributed by atoms with E-state index in [0.717, 1.165) is 23.8 Å². The van der Waals surface area contributed by atoms with Gasteiger partial charge in [-0.25, -0.2) is 0 Å². The Bertz CT molecular complexity index is 366. The summed E-state index contributed by atoms with van der Waals surface area (Å²) in [7, 11) is 0. The van der Waals surface area contributed by atoms with E-state index in [0.29, 0.717) is 0 Å². The molecule has 98 valence electrons. The number of benzene rings is 1. The van der Waals surface area contributed by atoms with Crippen molar-refractivity contribution in [1.29, 1.82) is 0 Å². The Hall–Kier alpha value is -0.820. The van der Waals surface area contributed by atoms with Crippen LogP contribution in [0.1, 0.15) is 50.5 Å². The Morgan fingerprint density at radius 2 is 1.83 bits per heavy atom. The zero-order chi connectivity index (χ0) is 12.4. The molecule has 0 aromatic heterocycles. The topological polar surface area (TPSA) is 12.0 Å². The molecule has 0 aliphatic heterocycles. The van der Waals surface area contributed by atoms with Crippen LogP contribution in [-0.4, -0.2) is 12.6 Å². The lowest BCUT2D eigenvalue weighted by atomic mass is 9.76. The molecule has 2 unspecified atom stereocenters. The van der Waals surface area contributed by atoms with Crippen molar-refractivity contribution in [2.45, 2.75) is 51.0 Å². The van der Waals surface area contributed by atoms with Crippen LogP contribution in [0.2, 0.25) is 0 Å². The van der Waals surface area contributed by atoms with Gasteiger partial charge >= 0.3 is 0 Å². The molecule has 0 bridgehead atoms. The second kappa shape index (κ2) is 5.44. The van der Waals surface area contributed by atoms with Gasteiger partial charge in [-0.2, -0.15) is 0 Å². The number of rotatable bonds is 4. The first-order chi connectivity index (χ1) is 8.81. The first-order valence-electron chi connectivity index (χ1n) is 7.59. The van der Waals surface area contributed by atoms with Crippen LogP contribution in [0.5, 0.6) is 0 Å². The molecular weight excluding hydrogens is 218 g/mol. The maximum absolute atomic E-state index is 3.78. The van der Waals surface area contributed by atoms with Gasteiger partial charge in [0.05, 0.1) is 0 Å². The molecule has 18 heavy (non-hydrogen) atoms. The molecule has 0 heterocycles. The van der Waals surface area contributed by atoms with Crippen molar-refractivity contribution < 1.29 is 0 Å². The molecule has 0 amide bonds. The van der Waals surface area contributed by atoms with E-state index in [2.05, 4.69) is 42.6 Å². The first kappa shape index (κ1) is 12.2. The minimum absolute atomic E-state index is 0.783. The van der Waals surface area contributed by atoms with Crippen LogP contribution in [0.15, 0.2) is 30.3 Å². The van der Waals surface area contributed by atoms with Gasteiger partial charge in [-0.1, -0.05) is 43.7 Å². The van der Waals surface area contributed by atoms with Gasteiger partial charge in [0.15, 0.2) is 0 Å². The maximum Gasteiger partial charge on any atom is 0.00788 e. The molecule has 1 aromatic carbocycles. The summed E-state index contributed by atoms with van der Waals surface area (Å²) in [6, 6.07) is 11.8. The molecule has 0 radical (unpaired) electrons. The Kier molecular flexibility index (Phi) is 3.69. The average Bonchev–Trinajstić information content (AvgIpc) is 2.74. The predicted molar refractivity (Wildman–Crippen MR) is 76.7 cm³/mol. The summed E-state index contributed by atoms with van der Waals surface area (Å²) in [5.41, 5.74) is 1.53. The lowest BCUT2D eigenvalue weighted by molar-refractivity contribution is 0.275. The summed E-state index contributed by atoms with van der Waals surface area (Å²) in [5.74, 6) is 2.73. The highest BCUT2D eigenvalue weighted by atomic mass is 14.9. The van der Waals surface area contributed by atoms with Crippen LogP contribution < -0.4 is 5.32 Å². The molecule has 0 saturated heterocycles. The molecule has 1 heteroatoms. The largest absolute Gasteiger partial charge is 0.314 e. The zero-order valence-electron chi connectivity index (χ0n) is 11.4. The van der Waals surface area contributed by atoms with Crippen LogP contribution in [0, 0.1) is 11.8 Å². The van der Waals surface area contributed by atoms with Crippen molar-refractivity contribution in [2.75, 3.05) is 6.54 Å². The molecule has 2 aliphatic carbocycles. The maximum atomic E-state index is 3.78. The van der Waals surface area contributed by atoms with Gasteiger partial charge in [0.25, 0.3) is 0 Å². The lowest BCUT2D eigenvalue weighted by Gasteiger charge is -2.37. The third-order valence-electron chi connectivity index (χ3n) is 4.91. The summed E-state index contributed by atoms with van der Waals surface area (Å²) in [6.07, 6.45) is 7.02. The fraction of sp³-hybridized carbons (Fsp3) is 0.647. The van der Waals surface area contributed by atoms with Crippen LogP contribution in [0.25, 0.3) is 0 Å². The average molecular weight is 243 g/mol. The summed E-state index contributed by atoms with van der Waals surface area (Å²) in [6.45, 7) is 3.66. The van der Waals surface area contributed by atoms with Crippen LogP contribution in [0.4, 0.5) is 0 Å². The highest BCUT2D eigenvalue weighted by molar-refractivity contribution is 5.22. The molecule has 2 atom stereocenters. The van der Waals surface area contributed by atoms with E-state index < -0.39 is 0 Å². The van der Waals surface area contributed by atoms with E-state index in [-0.39, 0.29) is 0 Å². The van der Waals surface area contributed by atoms with E-state index in [1.165, 1.54) is 44.2 Å². The van der Waals surface area contributed by atoms with Crippen LogP contribution >= 0.6 is 0 Å². The molecule has 1 nitrogen and oxygen atoms in total. The van der Waals surface area contributed by atoms with Crippen molar-refractivity contribution >= 4 is 0 Å². The van der Waals surface area contributed by atoms with Crippen molar-refractivity contribution in [2.24, 2.45) is 11.8 Å². The van der Waals surface area contributed by atoms with Gasteiger partial charge in [0, 0.05) is 6.04 Å². The fourth-order valence-electron chi connectivity index (χ4n) is 3.63. The van der Waals surface area contributed by atoms with Gasteiger partial charge in [0.1, 0.15) is 0 Å². The monoisotopic (exact) mass is 243 g/mol. The summed E-state index contributed by atoms with van der Waals surface area (Å²) >= 11 is 0. The van der Waals surface area contributed by atoms with Crippen molar-refractivity contribution in [3.8, 4) is 0 Å². The Balaban J connectivity index is 1.38. The quantitative estimate of drug-likeness (QED) is 0.844. The summed E-state index contributed by atoms with van der Waals surface area (Å²) in [4.78, 5) is 0. The third kappa shape index (κ3) is 2.77. The van der Waals surface area contributed by atoms with E-state index >= 15 is 0 Å². The SMILES string of the molecule is CC1CCC(CNC2CC(c3ccccc3)C2)C1. The van der Waals surface area contributed by atoms with Gasteiger partial charge in [0.2, 0.25) is 0 Å². The minimum atomic E-state index is 0.783. The molecule has 2 saturated carbocycles. The van der Waals surface area contributed by atoms with Gasteiger partial charge in [-0.3, -0.25) is 0 Å². The van der Waals surface area contributed by atoms with Gasteiger partial charge in [-0.05, 0) is 55.5 Å². The van der Waals surface area contributed by atoms with Gasteiger partial charge in [-0.15, -0.1) is 0 Å². The molecule has 1 N–H and O–H groups in total. The second-order valence-corrected chi connectivity index (χ2v) is 6.47. The van der Waals surface area contributed by atoms with Gasteiger partial charge < -0.3 is 5.32 Å². The van der Waals surface area contributed by atoms with E-state index in [4.69, 9.17) is 0 Å². The predicted octanol–water partition coefficient (Wildman–Crippen LogP) is 3.96. The normalized spacial score (nSPS) is 35.4. The standard InChI is InChI=1S/C17H25N/c1-13-7-8-14(9-13)12-18-17-10-16(11-17)15-5-3-2-4-6-15/h2-6,13-14,16-18H,7-12H2,1H3. The lowest BCUT2D eigenvalue weighted by Crippen LogP contribution is -2.41. The van der Waals surface area contributed by atoms with Crippen molar-refractivity contribution in [3.05, 3.63) is 35.9 Å². The highest BCUT2D eigenvalue weighted by Gasteiger charge is 2.30. The van der Waals surface area contributed by atoms with E-state index in [1.807, 2.05) is 0 Å². The molecule has 1 aromatic rings. The number of hydrogen-bond donors (Lipinski definition) is 1. The van der Waals surface area contributed by atoms with E-state index in [9.17, 15) is 0 Å². The summed E-state index contributed by atoms with van der Waals surface area (Å²) < 4.78 is 0. The van der Waals surface area contributed by atoms with Crippen LogP contribution in [-0.2, 0) is 0 Å². The first-order valence-corrected chi connectivity index (χ1v) is 7.59. The zero-order valence-corrected chi connectivity index (χ0v) is 11.4. The Labute approximate surface area is 111 Å². The van der Waals surface area contributed by atoms with Crippen molar-refractivity contribution in [1.82, 2.24) is 5.32 Å². The molecule has 2 aliphatic rings. The molecular formula is C17H25N. The summed E-state index contributed by atoms with van der Waals surface area (Å²) in [5, 5.41) is 3.78. The highest BCUT2D eigenvalue weighted by Crippen LogP contribution is 2.37. The minimum Gasteiger partial charge on any atom is -0.314 e. The smallest absolute Gasteiger partial charge is 0.00788 e. The second-order valence-electron chi connectivity index (χ2n) is 6.47.